The summed E-state index contributed by atoms with van der Waals surface area (Å²) in [5.74, 6) is -0.0950. The molecule has 4 nitrogen and oxygen atoms in total. The molecule has 0 radical (unpaired) electrons. The van der Waals surface area contributed by atoms with Crippen LogP contribution >= 0.6 is 12.2 Å². The normalized spacial score (nSPS) is 11.6. The first-order valence-corrected chi connectivity index (χ1v) is 6.51. The lowest BCUT2D eigenvalue weighted by Crippen LogP contribution is -2.49. The van der Waals surface area contributed by atoms with Gasteiger partial charge >= 0.3 is 0 Å². The third kappa shape index (κ3) is 4.60. The predicted octanol–water partition coefficient (Wildman–Crippen LogP) is 1.62. The van der Waals surface area contributed by atoms with E-state index in [1.807, 2.05) is 27.7 Å². The van der Waals surface area contributed by atoms with Crippen LogP contribution in [-0.2, 0) is 9.53 Å². The molecule has 0 aromatic rings. The molecule has 100 valence electrons. The minimum absolute atomic E-state index is 0.0950. The highest BCUT2D eigenvalue weighted by atomic mass is 32.1. The van der Waals surface area contributed by atoms with Crippen molar-refractivity contribution in [2.45, 2.75) is 46.6 Å². The Morgan fingerprint density at radius 3 is 2.29 bits per heavy atom. The van der Waals surface area contributed by atoms with Crippen LogP contribution in [-0.4, -0.2) is 30.2 Å². The van der Waals surface area contributed by atoms with Gasteiger partial charge in [0.2, 0.25) is 5.91 Å². The van der Waals surface area contributed by atoms with E-state index >= 15 is 0 Å². The topological polar surface area (TPSA) is 64.3 Å². The third-order valence-electron chi connectivity index (χ3n) is 2.95. The molecule has 0 aliphatic heterocycles. The summed E-state index contributed by atoms with van der Waals surface area (Å²) in [6, 6.07) is 0. The zero-order valence-electron chi connectivity index (χ0n) is 11.2. The van der Waals surface area contributed by atoms with Gasteiger partial charge in [-0.25, -0.2) is 0 Å². The van der Waals surface area contributed by atoms with Crippen molar-refractivity contribution >= 4 is 23.1 Å². The van der Waals surface area contributed by atoms with Crippen molar-refractivity contribution in [2.24, 2.45) is 11.1 Å². The molecule has 0 fully saturated rings. The number of carbonyl (C=O) groups is 1. The summed E-state index contributed by atoms with van der Waals surface area (Å²) in [5, 5.41) is 2.83. The molecule has 0 aliphatic carbocycles. The lowest BCUT2D eigenvalue weighted by atomic mass is 9.81. The van der Waals surface area contributed by atoms with E-state index < -0.39 is 5.41 Å². The maximum absolute atomic E-state index is 12.1. The Hall–Kier alpha value is -0.680. The molecular formula is C12H24N2O2S. The molecule has 0 aromatic heterocycles. The van der Waals surface area contributed by atoms with Crippen LogP contribution in [0.1, 0.15) is 40.5 Å². The van der Waals surface area contributed by atoms with Crippen molar-refractivity contribution in [1.82, 2.24) is 5.32 Å². The van der Waals surface area contributed by atoms with Gasteiger partial charge in [0.25, 0.3) is 0 Å². The molecule has 17 heavy (non-hydrogen) atoms. The van der Waals surface area contributed by atoms with Gasteiger partial charge in [-0.2, -0.15) is 0 Å². The average Bonchev–Trinajstić information content (AvgIpc) is 2.26. The van der Waals surface area contributed by atoms with Gasteiger partial charge in [0.1, 0.15) is 0 Å². The zero-order valence-corrected chi connectivity index (χ0v) is 12.0. The van der Waals surface area contributed by atoms with Crippen molar-refractivity contribution in [3.63, 3.8) is 0 Å². The number of nitrogens with one attached hydrogen (secondary N) is 1. The highest BCUT2D eigenvalue weighted by Gasteiger charge is 2.37. The van der Waals surface area contributed by atoms with E-state index in [9.17, 15) is 4.79 Å². The van der Waals surface area contributed by atoms with E-state index in [0.29, 0.717) is 26.0 Å². The molecule has 0 spiro atoms. The van der Waals surface area contributed by atoms with Gasteiger partial charge in [-0.15, -0.1) is 0 Å². The zero-order chi connectivity index (χ0) is 13.5. The van der Waals surface area contributed by atoms with Gasteiger partial charge in [0, 0.05) is 6.54 Å². The summed E-state index contributed by atoms with van der Waals surface area (Å²) in [5.41, 5.74) is 4.97. The first kappa shape index (κ1) is 16.3. The van der Waals surface area contributed by atoms with Crippen molar-refractivity contribution in [3.05, 3.63) is 0 Å². The fourth-order valence-corrected chi connectivity index (χ4v) is 2.04. The Labute approximate surface area is 109 Å². The summed E-state index contributed by atoms with van der Waals surface area (Å²) in [7, 11) is 0. The number of hydrogen-bond donors (Lipinski definition) is 2. The van der Waals surface area contributed by atoms with Gasteiger partial charge in [0.05, 0.1) is 23.1 Å². The first-order chi connectivity index (χ1) is 7.90. The van der Waals surface area contributed by atoms with Crippen LogP contribution in [0.15, 0.2) is 0 Å². The Bertz CT molecular complexity index is 263. The van der Waals surface area contributed by atoms with Gasteiger partial charge in [-0.1, -0.05) is 26.1 Å². The number of nitrogens with two attached hydrogens (primary N) is 1. The van der Waals surface area contributed by atoms with E-state index in [1.54, 1.807) is 0 Å². The molecule has 3 N–H and O–H groups in total. The summed E-state index contributed by atoms with van der Waals surface area (Å²) in [4.78, 5) is 12.3. The molecule has 0 rings (SSSR count). The first-order valence-electron chi connectivity index (χ1n) is 6.10. The molecule has 1 amide bonds. The number of carbonyl (C=O) groups excluding carboxylic acids is 1. The van der Waals surface area contributed by atoms with Crippen LogP contribution in [0.4, 0.5) is 0 Å². The molecule has 0 unspecified atom stereocenters. The summed E-state index contributed by atoms with van der Waals surface area (Å²) in [6.45, 7) is 8.75. The maximum Gasteiger partial charge on any atom is 0.233 e. The quantitative estimate of drug-likeness (QED) is 0.514. The van der Waals surface area contributed by atoms with Crippen LogP contribution < -0.4 is 11.1 Å². The molecule has 0 atom stereocenters. The molecule has 0 heterocycles. The van der Waals surface area contributed by atoms with Crippen molar-refractivity contribution < 1.29 is 9.53 Å². The van der Waals surface area contributed by atoms with E-state index in [-0.39, 0.29) is 17.0 Å². The second-order valence-electron chi connectivity index (χ2n) is 4.33. The van der Waals surface area contributed by atoms with Gasteiger partial charge in [-0.3, -0.25) is 4.79 Å². The fraction of sp³-hybridized carbons (Fsp3) is 0.833. The van der Waals surface area contributed by atoms with E-state index in [1.165, 1.54) is 0 Å². The molecule has 0 bridgehead atoms. The third-order valence-corrected chi connectivity index (χ3v) is 3.34. The minimum Gasteiger partial charge on any atom is -0.392 e. The second kappa shape index (κ2) is 7.61. The molecule has 0 aromatic carbocycles. The Balaban J connectivity index is 4.31. The average molecular weight is 260 g/mol. The predicted molar refractivity (Wildman–Crippen MR) is 73.9 cm³/mol. The van der Waals surface area contributed by atoms with Crippen LogP contribution in [0.3, 0.4) is 0 Å². The number of ether oxygens (including phenoxy) is 1. The van der Waals surface area contributed by atoms with Gasteiger partial charge < -0.3 is 15.8 Å². The summed E-state index contributed by atoms with van der Waals surface area (Å²) in [6.07, 6.45) is 1.41. The lowest BCUT2D eigenvalue weighted by molar-refractivity contribution is -0.128. The standard InChI is InChI=1S/C12H24N2O2S/c1-5-12(6-2,10(13)17)11(15)14-7-8-16-9(3)4/h9H,5-8H2,1-4H3,(H2,13,17)(H,14,15). The van der Waals surface area contributed by atoms with Crippen molar-refractivity contribution in [2.75, 3.05) is 13.2 Å². The smallest absolute Gasteiger partial charge is 0.233 e. The van der Waals surface area contributed by atoms with E-state index in [4.69, 9.17) is 22.7 Å². The molecule has 5 heteroatoms. The molecule has 0 saturated carbocycles. The Morgan fingerprint density at radius 2 is 1.94 bits per heavy atom. The lowest BCUT2D eigenvalue weighted by Gasteiger charge is -2.28. The maximum atomic E-state index is 12.1. The van der Waals surface area contributed by atoms with Crippen LogP contribution in [0.5, 0.6) is 0 Å². The second-order valence-corrected chi connectivity index (χ2v) is 4.77. The largest absolute Gasteiger partial charge is 0.392 e. The van der Waals surface area contributed by atoms with Crippen molar-refractivity contribution in [1.29, 1.82) is 0 Å². The Kier molecular flexibility index (Phi) is 7.30. The SMILES string of the molecule is CCC(CC)(C(=O)NCCOC(C)C)C(N)=S. The summed E-state index contributed by atoms with van der Waals surface area (Å²) < 4.78 is 5.35. The Morgan fingerprint density at radius 1 is 1.41 bits per heavy atom. The van der Waals surface area contributed by atoms with Gasteiger partial charge in [-0.05, 0) is 26.7 Å². The van der Waals surface area contributed by atoms with Crippen molar-refractivity contribution in [3.8, 4) is 0 Å². The van der Waals surface area contributed by atoms with Gasteiger partial charge in [0.15, 0.2) is 0 Å². The van der Waals surface area contributed by atoms with E-state index in [0.717, 1.165) is 0 Å². The number of hydrogen-bond acceptors (Lipinski definition) is 3. The van der Waals surface area contributed by atoms with Crippen LogP contribution in [0, 0.1) is 5.41 Å². The number of thiocarbonyl (C=S) groups is 1. The minimum atomic E-state index is -0.715. The monoisotopic (exact) mass is 260 g/mol. The highest BCUT2D eigenvalue weighted by Crippen LogP contribution is 2.26. The number of rotatable bonds is 8. The molecular weight excluding hydrogens is 236 g/mol. The highest BCUT2D eigenvalue weighted by molar-refractivity contribution is 7.80. The van der Waals surface area contributed by atoms with E-state index in [2.05, 4.69) is 5.32 Å². The summed E-state index contributed by atoms with van der Waals surface area (Å²) >= 11 is 5.01. The van der Waals surface area contributed by atoms with Crippen LogP contribution in [0.25, 0.3) is 0 Å². The molecule has 0 aliphatic rings. The molecule has 0 saturated heterocycles. The fourth-order valence-electron chi connectivity index (χ4n) is 1.66. The van der Waals surface area contributed by atoms with Crippen LogP contribution in [0.2, 0.25) is 0 Å². The number of amides is 1.